The first-order valence-corrected chi connectivity index (χ1v) is 13.4. The Morgan fingerprint density at radius 3 is 3.05 bits per heavy atom. The molecule has 7 nitrogen and oxygen atoms in total. The fraction of sp³-hybridized carbons (Fsp3) is 0.355. The monoisotopic (exact) mass is 512 g/mol. The van der Waals surface area contributed by atoms with Crippen molar-refractivity contribution in [3.8, 4) is 11.5 Å². The van der Waals surface area contributed by atoms with Crippen LogP contribution in [-0.4, -0.2) is 48.6 Å². The van der Waals surface area contributed by atoms with Crippen LogP contribution in [0.25, 0.3) is 0 Å². The zero-order valence-corrected chi connectivity index (χ0v) is 22.1. The van der Waals surface area contributed by atoms with Crippen LogP contribution < -0.4 is 15.4 Å². The highest BCUT2D eigenvalue weighted by molar-refractivity contribution is 5.96. The number of hydrogen-bond donors (Lipinski definition) is 2. The van der Waals surface area contributed by atoms with Crippen molar-refractivity contribution < 1.29 is 14.3 Å². The average molecular weight is 513 g/mol. The molecule has 1 fully saturated rings. The lowest BCUT2D eigenvalue weighted by molar-refractivity contribution is 0.0956. The lowest BCUT2D eigenvalue weighted by atomic mass is 10.0. The number of nitrogens with zero attached hydrogens (tertiary/aromatic N) is 2. The standard InChI is InChI=1S/C31H36N4O3/c1-22-10-12-26(38-29-14-15-32-30-27(29)13-11-23(2)34-30)20-28(22)31(36)33-21-24-6-3-8-25(9-4-7-24)35-16-5-18-37-19-17-35/h3,6-8,10,12,14-15,20H,2,4-5,9,11,13,16-19,21H2,1H3,(H,32,34)(H,33,36)/b6-3-,24-7+,25-8-. The van der Waals surface area contributed by atoms with Gasteiger partial charge in [-0.25, -0.2) is 4.98 Å². The maximum absolute atomic E-state index is 13.1. The molecule has 2 aromatic rings. The Bertz CT molecular complexity index is 1290. The van der Waals surface area contributed by atoms with Gasteiger partial charge in [0.25, 0.3) is 5.91 Å². The van der Waals surface area contributed by atoms with E-state index in [1.54, 1.807) is 6.20 Å². The molecular weight excluding hydrogens is 476 g/mol. The van der Waals surface area contributed by atoms with E-state index in [9.17, 15) is 4.79 Å². The molecule has 1 aromatic heterocycles. The summed E-state index contributed by atoms with van der Waals surface area (Å²) in [6.07, 6.45) is 15.0. The molecule has 3 aliphatic rings. The SMILES string of the molecule is C=C1CCc2c(Oc3ccc(C)c(C(=O)NCC4=C/CC/C(N5CCCOCC5)=C/C=C\4)c3)ccnc2N1. The predicted octanol–water partition coefficient (Wildman–Crippen LogP) is 5.67. The molecule has 198 valence electrons. The van der Waals surface area contributed by atoms with E-state index < -0.39 is 0 Å². The number of nitrogens with one attached hydrogen (secondary N) is 2. The van der Waals surface area contributed by atoms with Gasteiger partial charge in [-0.2, -0.15) is 0 Å². The van der Waals surface area contributed by atoms with Gasteiger partial charge in [-0.15, -0.1) is 0 Å². The highest BCUT2D eigenvalue weighted by atomic mass is 16.5. The first-order chi connectivity index (χ1) is 18.6. The minimum Gasteiger partial charge on any atom is -0.457 e. The molecule has 1 saturated heterocycles. The smallest absolute Gasteiger partial charge is 0.251 e. The van der Waals surface area contributed by atoms with Crippen LogP contribution in [0.1, 0.15) is 47.2 Å². The number of amides is 1. The largest absolute Gasteiger partial charge is 0.457 e. The number of benzene rings is 1. The van der Waals surface area contributed by atoms with Crippen LogP contribution in [0.2, 0.25) is 0 Å². The fourth-order valence-corrected chi connectivity index (χ4v) is 5.01. The summed E-state index contributed by atoms with van der Waals surface area (Å²) in [4.78, 5) is 20.0. The van der Waals surface area contributed by atoms with Crippen LogP contribution in [0.3, 0.4) is 0 Å². The van der Waals surface area contributed by atoms with Crippen LogP contribution >= 0.6 is 0 Å². The van der Waals surface area contributed by atoms with Gasteiger partial charge < -0.3 is 25.0 Å². The quantitative estimate of drug-likeness (QED) is 0.520. The lowest BCUT2D eigenvalue weighted by Crippen LogP contribution is -2.27. The highest BCUT2D eigenvalue weighted by Gasteiger charge is 2.18. The van der Waals surface area contributed by atoms with E-state index in [0.29, 0.717) is 17.9 Å². The van der Waals surface area contributed by atoms with E-state index in [1.807, 2.05) is 31.2 Å². The van der Waals surface area contributed by atoms with Gasteiger partial charge in [-0.05, 0) is 74.4 Å². The zero-order chi connectivity index (χ0) is 26.3. The topological polar surface area (TPSA) is 75.7 Å². The molecule has 0 spiro atoms. The number of aromatic nitrogens is 1. The number of allylic oxidation sites excluding steroid dienone is 5. The Labute approximate surface area is 224 Å². The number of carbonyl (C=O) groups excluding carboxylic acids is 1. The third-order valence-corrected chi connectivity index (χ3v) is 7.15. The fourth-order valence-electron chi connectivity index (χ4n) is 5.01. The number of fused-ring (bicyclic) bond motifs is 1. The van der Waals surface area contributed by atoms with E-state index >= 15 is 0 Å². The maximum Gasteiger partial charge on any atom is 0.251 e. The molecule has 1 aromatic carbocycles. The van der Waals surface area contributed by atoms with Gasteiger partial charge in [0, 0.05) is 55.0 Å². The van der Waals surface area contributed by atoms with Gasteiger partial charge in [-0.3, -0.25) is 4.79 Å². The van der Waals surface area contributed by atoms with Crippen LogP contribution in [0.5, 0.6) is 11.5 Å². The number of pyridine rings is 1. The number of anilines is 1. The number of ether oxygens (including phenoxy) is 2. The molecule has 3 heterocycles. The Kier molecular flexibility index (Phi) is 8.24. The van der Waals surface area contributed by atoms with E-state index in [0.717, 1.165) is 92.4 Å². The number of rotatable bonds is 6. The lowest BCUT2D eigenvalue weighted by Gasteiger charge is -2.25. The van der Waals surface area contributed by atoms with Crippen molar-refractivity contribution in [1.82, 2.24) is 15.2 Å². The first-order valence-electron chi connectivity index (χ1n) is 13.4. The normalized spacial score (nSPS) is 21.3. The highest BCUT2D eigenvalue weighted by Crippen LogP contribution is 2.34. The summed E-state index contributed by atoms with van der Waals surface area (Å²) >= 11 is 0. The second-order valence-corrected chi connectivity index (χ2v) is 9.91. The summed E-state index contributed by atoms with van der Waals surface area (Å²) in [6.45, 7) is 10.1. The molecule has 0 radical (unpaired) electrons. The van der Waals surface area contributed by atoms with Gasteiger partial charge in [-0.1, -0.05) is 30.9 Å². The molecule has 2 N–H and O–H groups in total. The molecule has 0 unspecified atom stereocenters. The van der Waals surface area contributed by atoms with E-state index in [4.69, 9.17) is 9.47 Å². The molecule has 7 heteroatoms. The Morgan fingerprint density at radius 2 is 2.13 bits per heavy atom. The minimum absolute atomic E-state index is 0.111. The molecule has 2 aliphatic heterocycles. The van der Waals surface area contributed by atoms with Crippen molar-refractivity contribution in [3.05, 3.63) is 95.0 Å². The van der Waals surface area contributed by atoms with Crippen molar-refractivity contribution in [3.63, 3.8) is 0 Å². The summed E-state index contributed by atoms with van der Waals surface area (Å²) in [5.74, 6) is 2.04. The summed E-state index contributed by atoms with van der Waals surface area (Å²) in [6, 6.07) is 7.50. The summed E-state index contributed by atoms with van der Waals surface area (Å²) in [5.41, 5.74) is 5.95. The van der Waals surface area contributed by atoms with Crippen LogP contribution in [0.4, 0.5) is 5.82 Å². The van der Waals surface area contributed by atoms with E-state index in [-0.39, 0.29) is 5.91 Å². The Balaban J connectivity index is 1.22. The third kappa shape index (κ3) is 6.34. The first kappa shape index (κ1) is 25.8. The maximum atomic E-state index is 13.1. The molecule has 5 rings (SSSR count). The number of carbonyl (C=O) groups is 1. The average Bonchev–Trinajstić information content (AvgIpc) is 3.19. The molecule has 0 atom stereocenters. The second-order valence-electron chi connectivity index (χ2n) is 9.91. The summed E-state index contributed by atoms with van der Waals surface area (Å²) in [5, 5.41) is 6.33. The molecule has 1 amide bonds. The minimum atomic E-state index is -0.111. The zero-order valence-electron chi connectivity index (χ0n) is 22.1. The van der Waals surface area contributed by atoms with Crippen LogP contribution in [0, 0.1) is 6.92 Å². The summed E-state index contributed by atoms with van der Waals surface area (Å²) in [7, 11) is 0. The second kappa shape index (κ2) is 12.1. The van der Waals surface area contributed by atoms with Gasteiger partial charge in [0.1, 0.15) is 17.3 Å². The molecule has 0 bridgehead atoms. The van der Waals surface area contributed by atoms with E-state index in [2.05, 4.69) is 51.4 Å². The Hall–Kier alpha value is -3.84. The van der Waals surface area contributed by atoms with Gasteiger partial charge in [0.2, 0.25) is 0 Å². The molecule has 1 aliphatic carbocycles. The van der Waals surface area contributed by atoms with E-state index in [1.165, 1.54) is 5.70 Å². The number of hydrogen-bond acceptors (Lipinski definition) is 6. The molecule has 0 saturated carbocycles. The van der Waals surface area contributed by atoms with Crippen molar-refractivity contribution in [2.75, 3.05) is 38.2 Å². The van der Waals surface area contributed by atoms with Crippen molar-refractivity contribution in [2.24, 2.45) is 0 Å². The van der Waals surface area contributed by atoms with Crippen molar-refractivity contribution >= 4 is 11.7 Å². The van der Waals surface area contributed by atoms with Crippen LogP contribution in [0.15, 0.2) is 78.3 Å². The summed E-state index contributed by atoms with van der Waals surface area (Å²) < 4.78 is 11.8. The Morgan fingerprint density at radius 1 is 1.21 bits per heavy atom. The van der Waals surface area contributed by atoms with Crippen molar-refractivity contribution in [2.45, 2.75) is 39.0 Å². The van der Waals surface area contributed by atoms with Crippen LogP contribution in [-0.2, 0) is 11.2 Å². The van der Waals surface area contributed by atoms with Gasteiger partial charge in [0.15, 0.2) is 0 Å². The predicted molar refractivity (Wildman–Crippen MR) is 150 cm³/mol. The third-order valence-electron chi connectivity index (χ3n) is 7.15. The molecular formula is C31H36N4O3. The van der Waals surface area contributed by atoms with Gasteiger partial charge in [0.05, 0.1) is 6.61 Å². The van der Waals surface area contributed by atoms with Gasteiger partial charge >= 0.3 is 0 Å². The van der Waals surface area contributed by atoms with Crippen molar-refractivity contribution in [1.29, 1.82) is 0 Å². The molecule has 38 heavy (non-hydrogen) atoms. The number of aryl methyl sites for hydroxylation is 1.